The van der Waals surface area contributed by atoms with Gasteiger partial charge in [-0.05, 0) is 44.5 Å². The van der Waals surface area contributed by atoms with Gasteiger partial charge in [0, 0.05) is 40.8 Å². The Bertz CT molecular complexity index is 1670. The van der Waals surface area contributed by atoms with Crippen molar-refractivity contribution in [3.05, 3.63) is 63.5 Å². The largest absolute Gasteiger partial charge is 0.462 e. The maximum Gasteiger partial charge on any atom is 0.434 e. The van der Waals surface area contributed by atoms with Crippen molar-refractivity contribution in [1.29, 1.82) is 0 Å². The summed E-state index contributed by atoms with van der Waals surface area (Å²) in [5, 5.41) is 15.9. The average molecular weight is 590 g/mol. The number of fused-ring (bicyclic) bond motifs is 1. The van der Waals surface area contributed by atoms with E-state index in [-0.39, 0.29) is 40.6 Å². The van der Waals surface area contributed by atoms with Gasteiger partial charge >= 0.3 is 18.2 Å². The number of amides is 2. The number of ether oxygens (including phenoxy) is 1. The number of thiazole rings is 1. The minimum Gasteiger partial charge on any atom is -0.462 e. The van der Waals surface area contributed by atoms with E-state index in [1.165, 1.54) is 24.5 Å². The fourth-order valence-corrected chi connectivity index (χ4v) is 4.97. The van der Waals surface area contributed by atoms with E-state index >= 15 is 0 Å². The van der Waals surface area contributed by atoms with Crippen molar-refractivity contribution in [2.24, 2.45) is 0 Å². The van der Waals surface area contributed by atoms with Gasteiger partial charge in [-0.3, -0.25) is 10.1 Å². The highest BCUT2D eigenvalue weighted by Crippen LogP contribution is 2.39. The second-order valence-corrected chi connectivity index (χ2v) is 9.76. The number of aromatic nitrogens is 3. The number of anilines is 1. The lowest BCUT2D eigenvalue weighted by Gasteiger charge is -2.19. The minimum absolute atomic E-state index is 0.0142. The number of nitrogens with zero attached hydrogens (tertiary/aromatic N) is 3. The summed E-state index contributed by atoms with van der Waals surface area (Å²) >= 11 is 0.762. The van der Waals surface area contributed by atoms with Gasteiger partial charge in [-0.2, -0.15) is 13.2 Å². The summed E-state index contributed by atoms with van der Waals surface area (Å²) in [4.78, 5) is 46.1. The van der Waals surface area contributed by atoms with Crippen molar-refractivity contribution in [2.45, 2.75) is 33.0 Å². The molecule has 1 unspecified atom stereocenters. The Labute approximate surface area is 235 Å². The zero-order valence-corrected chi connectivity index (χ0v) is 23.0. The summed E-state index contributed by atoms with van der Waals surface area (Å²) < 4.78 is 46.7. The van der Waals surface area contributed by atoms with Gasteiger partial charge in [0.25, 0.3) is 0 Å². The van der Waals surface area contributed by atoms with Gasteiger partial charge in [0.1, 0.15) is 16.4 Å². The molecule has 1 atom stereocenters. The van der Waals surface area contributed by atoms with Crippen molar-refractivity contribution < 1.29 is 32.6 Å². The summed E-state index contributed by atoms with van der Waals surface area (Å²) in [5.74, 6) is -0.753. The van der Waals surface area contributed by atoms with E-state index in [2.05, 4.69) is 20.6 Å². The van der Waals surface area contributed by atoms with Gasteiger partial charge in [-0.15, -0.1) is 11.3 Å². The number of pyridine rings is 2. The maximum absolute atomic E-state index is 13.4. The van der Waals surface area contributed by atoms with Gasteiger partial charge in [-0.25, -0.2) is 19.6 Å². The molecular weight excluding hydrogens is 563 g/mol. The summed E-state index contributed by atoms with van der Waals surface area (Å²) in [6.45, 7) is 5.14. The van der Waals surface area contributed by atoms with Crippen LogP contribution in [0.2, 0.25) is 0 Å². The van der Waals surface area contributed by atoms with Gasteiger partial charge in [0.2, 0.25) is 5.43 Å². The molecule has 216 valence electrons. The normalized spacial score (nSPS) is 12.3. The van der Waals surface area contributed by atoms with Crippen LogP contribution in [0.25, 0.3) is 32.6 Å². The fraction of sp³-hybridized carbons (Fsp3) is 0.296. The van der Waals surface area contributed by atoms with Gasteiger partial charge < -0.3 is 19.7 Å². The van der Waals surface area contributed by atoms with Crippen LogP contribution in [0.15, 0.2) is 46.8 Å². The zero-order valence-electron chi connectivity index (χ0n) is 22.2. The Balaban J connectivity index is 1.94. The third kappa shape index (κ3) is 6.23. The van der Waals surface area contributed by atoms with Crippen molar-refractivity contribution in [1.82, 2.24) is 19.9 Å². The molecule has 0 fully saturated rings. The number of carbonyl (C=O) groups excluding carboxylic acids is 2. The Morgan fingerprint density at radius 3 is 2.59 bits per heavy atom. The van der Waals surface area contributed by atoms with E-state index in [1.54, 1.807) is 37.5 Å². The SMILES string of the molecule is CCNC(=O)Nc1cc(-c2nc(C(F)(F)F)cs2)c(-c2ccc3c(c2)c(=O)c(C(=O)OCC)cn3C(C)CO)cn1. The number of aliphatic hydroxyl groups excluding tert-OH is 1. The van der Waals surface area contributed by atoms with E-state index in [4.69, 9.17) is 4.74 Å². The van der Waals surface area contributed by atoms with E-state index in [1.807, 2.05) is 0 Å². The molecule has 0 saturated carbocycles. The smallest absolute Gasteiger partial charge is 0.434 e. The van der Waals surface area contributed by atoms with Crippen LogP contribution in [0, 0.1) is 0 Å². The third-order valence-corrected chi connectivity index (χ3v) is 6.96. The maximum atomic E-state index is 13.4. The van der Waals surface area contributed by atoms with E-state index in [0.717, 1.165) is 16.7 Å². The second kappa shape index (κ2) is 12.1. The van der Waals surface area contributed by atoms with Gasteiger partial charge in [0.15, 0.2) is 5.69 Å². The molecular formula is C27H26F3N5O5S. The highest BCUT2D eigenvalue weighted by molar-refractivity contribution is 7.13. The minimum atomic E-state index is -4.66. The highest BCUT2D eigenvalue weighted by atomic mass is 32.1. The molecule has 1 aromatic carbocycles. The van der Waals surface area contributed by atoms with Crippen LogP contribution in [-0.2, 0) is 10.9 Å². The quantitative estimate of drug-likeness (QED) is 0.244. The molecule has 10 nitrogen and oxygen atoms in total. The van der Waals surface area contributed by atoms with Crippen LogP contribution < -0.4 is 16.1 Å². The van der Waals surface area contributed by atoms with Crippen molar-refractivity contribution in [3.8, 4) is 21.7 Å². The predicted molar refractivity (Wildman–Crippen MR) is 148 cm³/mol. The molecule has 0 saturated heterocycles. The number of carbonyl (C=O) groups is 2. The zero-order chi connectivity index (χ0) is 29.9. The van der Waals surface area contributed by atoms with Crippen molar-refractivity contribution >= 4 is 40.1 Å². The molecule has 3 aromatic heterocycles. The first-order valence-corrected chi connectivity index (χ1v) is 13.4. The lowest BCUT2D eigenvalue weighted by Crippen LogP contribution is -2.28. The summed E-state index contributed by atoms with van der Waals surface area (Å²) in [7, 11) is 0. The summed E-state index contributed by atoms with van der Waals surface area (Å²) in [5.41, 5.74) is -0.528. The topological polar surface area (TPSA) is 135 Å². The number of aliphatic hydroxyl groups is 1. The Morgan fingerprint density at radius 2 is 1.95 bits per heavy atom. The van der Waals surface area contributed by atoms with Crippen LogP contribution in [0.1, 0.15) is 42.9 Å². The fourth-order valence-electron chi connectivity index (χ4n) is 4.11. The number of alkyl halides is 3. The first-order valence-electron chi connectivity index (χ1n) is 12.5. The molecule has 2 amide bonds. The molecule has 0 spiro atoms. The van der Waals surface area contributed by atoms with Crippen LogP contribution in [0.5, 0.6) is 0 Å². The van der Waals surface area contributed by atoms with Crippen LogP contribution >= 0.6 is 11.3 Å². The lowest BCUT2D eigenvalue weighted by atomic mass is 9.99. The number of hydrogen-bond donors (Lipinski definition) is 3. The van der Waals surface area contributed by atoms with E-state index < -0.39 is 35.3 Å². The molecule has 0 aliphatic rings. The molecule has 3 N–H and O–H groups in total. The standard InChI is InChI=1S/C27H26F3N5O5S/c1-4-31-26(39)34-22-9-16(24-33-21(13-41-24)27(28,29)30)18(10-32-22)15-6-7-20-17(8-15)23(37)19(25(38)40-5-2)11-35(20)14(3)12-36/h6-11,13-14,36H,4-5,12H2,1-3H3,(H2,31,32,34,39). The summed E-state index contributed by atoms with van der Waals surface area (Å²) in [6.07, 6.45) is -1.96. The molecule has 0 aliphatic carbocycles. The molecule has 0 bridgehead atoms. The number of esters is 1. The molecule has 0 aliphatic heterocycles. The highest BCUT2D eigenvalue weighted by Gasteiger charge is 2.34. The van der Waals surface area contributed by atoms with Gasteiger partial charge in [-0.1, -0.05) is 6.07 Å². The third-order valence-electron chi connectivity index (χ3n) is 6.09. The summed E-state index contributed by atoms with van der Waals surface area (Å²) in [6, 6.07) is 5.10. The van der Waals surface area contributed by atoms with Crippen LogP contribution in [0.4, 0.5) is 23.8 Å². The molecule has 0 radical (unpaired) electrons. The Morgan fingerprint density at radius 1 is 1.20 bits per heavy atom. The van der Waals surface area contributed by atoms with E-state index in [0.29, 0.717) is 23.2 Å². The molecule has 41 heavy (non-hydrogen) atoms. The number of halogens is 3. The molecule has 4 rings (SSSR count). The predicted octanol–water partition coefficient (Wildman–Crippen LogP) is 5.08. The number of rotatable bonds is 8. The monoisotopic (exact) mass is 589 g/mol. The first-order chi connectivity index (χ1) is 19.5. The number of nitrogens with one attached hydrogen (secondary N) is 2. The molecule has 14 heteroatoms. The molecule has 4 aromatic rings. The molecule has 3 heterocycles. The number of benzene rings is 1. The van der Waals surface area contributed by atoms with Crippen molar-refractivity contribution in [2.75, 3.05) is 25.1 Å². The Hall–Kier alpha value is -4.30. The van der Waals surface area contributed by atoms with Crippen LogP contribution in [-0.4, -0.2) is 51.4 Å². The van der Waals surface area contributed by atoms with Crippen molar-refractivity contribution in [3.63, 3.8) is 0 Å². The van der Waals surface area contributed by atoms with Gasteiger partial charge in [0.05, 0.1) is 24.8 Å². The second-order valence-electron chi connectivity index (χ2n) is 8.90. The lowest BCUT2D eigenvalue weighted by molar-refractivity contribution is -0.140. The first kappa shape index (κ1) is 29.7. The average Bonchev–Trinajstić information content (AvgIpc) is 3.44. The van der Waals surface area contributed by atoms with E-state index in [9.17, 15) is 32.7 Å². The number of hydrogen-bond acceptors (Lipinski definition) is 8. The Kier molecular flexibility index (Phi) is 8.73. The number of urea groups is 1. The van der Waals surface area contributed by atoms with Crippen LogP contribution in [0.3, 0.4) is 0 Å².